The molecule has 2 aliphatic carbocycles. The lowest BCUT2D eigenvalue weighted by Crippen LogP contribution is -2.63. The molecule has 5 rings (SSSR count). The molecule has 2 aliphatic heterocycles. The Labute approximate surface area is 197 Å². The van der Waals surface area contributed by atoms with Gasteiger partial charge in [0.25, 0.3) is 0 Å². The van der Waals surface area contributed by atoms with Gasteiger partial charge in [-0.15, -0.1) is 0 Å². The number of hydrogen-bond donors (Lipinski definition) is 1. The molecule has 2 saturated heterocycles. The van der Waals surface area contributed by atoms with E-state index in [0.717, 1.165) is 96.5 Å². The number of ether oxygens (including phenoxy) is 1. The maximum Gasteiger partial charge on any atom is 0.243 e. The van der Waals surface area contributed by atoms with Gasteiger partial charge in [0.2, 0.25) is 11.8 Å². The van der Waals surface area contributed by atoms with Crippen molar-refractivity contribution in [3.05, 3.63) is 30.1 Å². The standard InChI is InChI=1S/C26H38N4O3/c31-23(28-13-7-21-6-2-5-12-27-21)22-20-25(22)10-14-29(15-11-25)24(32)26(8-3-1-4-9-26)30-16-18-33-19-17-30/h2,5-6,12,22H,1,3-4,7-11,13-20H2,(H,28,31)/t22-/m1/s1. The Morgan fingerprint density at radius 3 is 2.48 bits per heavy atom. The first kappa shape index (κ1) is 22.8. The van der Waals surface area contributed by atoms with Gasteiger partial charge >= 0.3 is 0 Å². The Balaban J connectivity index is 1.13. The molecule has 2 amide bonds. The molecule has 0 bridgehead atoms. The Kier molecular flexibility index (Phi) is 6.70. The third-order valence-corrected chi connectivity index (χ3v) is 8.65. The topological polar surface area (TPSA) is 74.8 Å². The summed E-state index contributed by atoms with van der Waals surface area (Å²) in [5.74, 6) is 0.639. The summed E-state index contributed by atoms with van der Waals surface area (Å²) in [6.45, 7) is 5.42. The van der Waals surface area contributed by atoms with E-state index in [4.69, 9.17) is 4.74 Å². The van der Waals surface area contributed by atoms with E-state index in [1.165, 1.54) is 6.42 Å². The molecule has 2 saturated carbocycles. The molecule has 3 heterocycles. The number of nitrogens with one attached hydrogen (secondary N) is 1. The van der Waals surface area contributed by atoms with Gasteiger partial charge in [0.05, 0.1) is 13.2 Å². The normalized spacial score (nSPS) is 26.7. The van der Waals surface area contributed by atoms with Crippen molar-refractivity contribution in [3.8, 4) is 0 Å². The van der Waals surface area contributed by atoms with E-state index in [9.17, 15) is 9.59 Å². The summed E-state index contributed by atoms with van der Waals surface area (Å²) in [5, 5.41) is 3.12. The van der Waals surface area contributed by atoms with Gasteiger partial charge in [0.1, 0.15) is 5.54 Å². The van der Waals surface area contributed by atoms with Crippen molar-refractivity contribution in [2.75, 3.05) is 45.9 Å². The molecule has 0 aromatic carbocycles. The maximum atomic E-state index is 13.9. The second kappa shape index (κ2) is 9.71. The van der Waals surface area contributed by atoms with Crippen molar-refractivity contribution in [1.29, 1.82) is 0 Å². The average Bonchev–Trinajstić information content (AvgIpc) is 3.58. The number of likely N-dealkylation sites (tertiary alicyclic amines) is 1. The molecule has 0 unspecified atom stereocenters. The maximum absolute atomic E-state index is 13.9. The minimum absolute atomic E-state index is 0.112. The molecule has 1 aromatic rings. The van der Waals surface area contributed by atoms with E-state index in [0.29, 0.717) is 12.5 Å². The van der Waals surface area contributed by atoms with Gasteiger partial charge in [-0.3, -0.25) is 19.5 Å². The number of amides is 2. The molecule has 1 aromatic heterocycles. The molecular formula is C26H38N4O3. The molecule has 4 fully saturated rings. The minimum atomic E-state index is -0.321. The number of rotatable bonds is 6. The highest BCUT2D eigenvalue weighted by molar-refractivity contribution is 5.87. The molecule has 1 atom stereocenters. The highest BCUT2D eigenvalue weighted by Gasteiger charge is 2.59. The fourth-order valence-corrected chi connectivity index (χ4v) is 6.50. The van der Waals surface area contributed by atoms with Crippen LogP contribution in [0.15, 0.2) is 24.4 Å². The van der Waals surface area contributed by atoms with E-state index in [-0.39, 0.29) is 22.8 Å². The number of aromatic nitrogens is 1. The number of pyridine rings is 1. The third kappa shape index (κ3) is 4.67. The van der Waals surface area contributed by atoms with Crippen LogP contribution in [-0.2, 0) is 20.7 Å². The summed E-state index contributed by atoms with van der Waals surface area (Å²) >= 11 is 0. The summed E-state index contributed by atoms with van der Waals surface area (Å²) in [6, 6.07) is 5.88. The van der Waals surface area contributed by atoms with Crippen molar-refractivity contribution in [2.45, 2.75) is 63.3 Å². The van der Waals surface area contributed by atoms with E-state index < -0.39 is 0 Å². The zero-order chi connectivity index (χ0) is 22.7. The van der Waals surface area contributed by atoms with E-state index in [2.05, 4.69) is 20.1 Å². The van der Waals surface area contributed by atoms with Gasteiger partial charge in [-0.2, -0.15) is 0 Å². The Bertz CT molecular complexity index is 825. The monoisotopic (exact) mass is 454 g/mol. The first-order valence-electron chi connectivity index (χ1n) is 12.9. The largest absolute Gasteiger partial charge is 0.379 e. The van der Waals surface area contributed by atoms with Crippen LogP contribution in [0.25, 0.3) is 0 Å². The number of carbonyl (C=O) groups is 2. The summed E-state index contributed by atoms with van der Waals surface area (Å²) in [6.07, 6.45) is 10.9. The van der Waals surface area contributed by atoms with Gasteiger partial charge in [-0.25, -0.2) is 0 Å². The zero-order valence-corrected chi connectivity index (χ0v) is 19.8. The van der Waals surface area contributed by atoms with Crippen molar-refractivity contribution in [1.82, 2.24) is 20.1 Å². The third-order valence-electron chi connectivity index (χ3n) is 8.65. The van der Waals surface area contributed by atoms with Crippen LogP contribution in [0, 0.1) is 11.3 Å². The predicted octanol–water partition coefficient (Wildman–Crippen LogP) is 2.40. The second-order valence-corrected chi connectivity index (χ2v) is 10.5. The first-order valence-corrected chi connectivity index (χ1v) is 12.9. The summed E-state index contributed by atoms with van der Waals surface area (Å²) in [4.78, 5) is 35.5. The highest BCUT2D eigenvalue weighted by Crippen LogP contribution is 2.59. The highest BCUT2D eigenvalue weighted by atomic mass is 16.5. The van der Waals surface area contributed by atoms with Crippen molar-refractivity contribution < 1.29 is 14.3 Å². The Morgan fingerprint density at radius 2 is 1.79 bits per heavy atom. The summed E-state index contributed by atoms with van der Waals surface area (Å²) in [5.41, 5.74) is 0.801. The molecule has 7 nitrogen and oxygen atoms in total. The number of morpholine rings is 1. The fraction of sp³-hybridized carbons (Fsp3) is 0.731. The molecule has 7 heteroatoms. The van der Waals surface area contributed by atoms with Gasteiger partial charge < -0.3 is 15.0 Å². The van der Waals surface area contributed by atoms with Crippen molar-refractivity contribution in [2.24, 2.45) is 11.3 Å². The summed E-state index contributed by atoms with van der Waals surface area (Å²) < 4.78 is 5.58. The molecule has 4 aliphatic rings. The van der Waals surface area contributed by atoms with Crippen LogP contribution in [-0.4, -0.2) is 78.1 Å². The predicted molar refractivity (Wildman–Crippen MR) is 126 cm³/mol. The van der Waals surface area contributed by atoms with Crippen LogP contribution < -0.4 is 5.32 Å². The number of nitrogens with zero attached hydrogens (tertiary/aromatic N) is 3. The van der Waals surface area contributed by atoms with Gasteiger partial charge in [-0.1, -0.05) is 25.3 Å². The number of piperidine rings is 1. The van der Waals surface area contributed by atoms with Crippen molar-refractivity contribution in [3.63, 3.8) is 0 Å². The number of carbonyl (C=O) groups excluding carboxylic acids is 2. The van der Waals surface area contributed by atoms with E-state index in [1.807, 2.05) is 18.2 Å². The van der Waals surface area contributed by atoms with Crippen LogP contribution >= 0.6 is 0 Å². The molecule has 1 spiro atoms. The van der Waals surface area contributed by atoms with Crippen LogP contribution in [0.5, 0.6) is 0 Å². The molecule has 33 heavy (non-hydrogen) atoms. The Morgan fingerprint density at radius 1 is 1.03 bits per heavy atom. The molecule has 1 N–H and O–H groups in total. The fourth-order valence-electron chi connectivity index (χ4n) is 6.50. The summed E-state index contributed by atoms with van der Waals surface area (Å²) in [7, 11) is 0. The van der Waals surface area contributed by atoms with Crippen LogP contribution in [0.4, 0.5) is 0 Å². The van der Waals surface area contributed by atoms with E-state index in [1.54, 1.807) is 6.20 Å². The van der Waals surface area contributed by atoms with Crippen LogP contribution in [0.2, 0.25) is 0 Å². The zero-order valence-electron chi connectivity index (χ0n) is 19.8. The molecular weight excluding hydrogens is 416 g/mol. The van der Waals surface area contributed by atoms with Gasteiger partial charge in [-0.05, 0) is 49.7 Å². The first-order chi connectivity index (χ1) is 16.1. The Hall–Kier alpha value is -1.99. The smallest absolute Gasteiger partial charge is 0.243 e. The SMILES string of the molecule is O=C(NCCc1ccccn1)[C@H]1CC12CCN(C(=O)C1(N3CCOCC3)CCCCC1)CC2. The molecule has 180 valence electrons. The van der Waals surface area contributed by atoms with Crippen LogP contribution in [0.1, 0.15) is 57.1 Å². The average molecular weight is 455 g/mol. The van der Waals surface area contributed by atoms with Crippen LogP contribution in [0.3, 0.4) is 0 Å². The van der Waals surface area contributed by atoms with Gasteiger partial charge in [0, 0.05) is 57.0 Å². The quantitative estimate of drug-likeness (QED) is 0.715. The van der Waals surface area contributed by atoms with E-state index >= 15 is 0 Å². The second-order valence-electron chi connectivity index (χ2n) is 10.5. The molecule has 0 radical (unpaired) electrons. The van der Waals surface area contributed by atoms with Gasteiger partial charge in [0.15, 0.2) is 0 Å². The van der Waals surface area contributed by atoms with Crippen molar-refractivity contribution >= 4 is 11.8 Å². The number of hydrogen-bond acceptors (Lipinski definition) is 5. The minimum Gasteiger partial charge on any atom is -0.379 e. The lowest BCUT2D eigenvalue weighted by atomic mass is 9.78. The lowest BCUT2D eigenvalue weighted by Gasteiger charge is -2.49. The lowest BCUT2D eigenvalue weighted by molar-refractivity contribution is -0.153.